The summed E-state index contributed by atoms with van der Waals surface area (Å²) in [6, 6.07) is 10.5. The van der Waals surface area contributed by atoms with Gasteiger partial charge in [0.05, 0.1) is 12.7 Å². The number of benzene rings is 2. The van der Waals surface area contributed by atoms with Crippen LogP contribution in [0.1, 0.15) is 38.7 Å². The van der Waals surface area contributed by atoms with Gasteiger partial charge in [0.2, 0.25) is 0 Å². The van der Waals surface area contributed by atoms with Crippen molar-refractivity contribution in [1.82, 2.24) is 0 Å². The quantitative estimate of drug-likeness (QED) is 0.544. The SMILES string of the molecule is CCCOc1ccc(OC(C)CCCBr)c2cc(C)ccc12. The smallest absolute Gasteiger partial charge is 0.127 e. The third-order valence-corrected chi connectivity index (χ3v) is 4.19. The van der Waals surface area contributed by atoms with Crippen molar-refractivity contribution in [3.05, 3.63) is 35.9 Å². The minimum absolute atomic E-state index is 0.212. The maximum atomic E-state index is 6.17. The van der Waals surface area contributed by atoms with Crippen LogP contribution in [0, 0.1) is 6.92 Å². The van der Waals surface area contributed by atoms with Gasteiger partial charge in [-0.25, -0.2) is 0 Å². The lowest BCUT2D eigenvalue weighted by atomic mass is 10.1. The predicted octanol–water partition coefficient (Wildman–Crippen LogP) is 5.88. The van der Waals surface area contributed by atoms with Crippen LogP contribution in [0.15, 0.2) is 30.3 Å². The molecule has 0 aliphatic rings. The molecule has 0 radical (unpaired) electrons. The number of rotatable bonds is 8. The molecule has 0 N–H and O–H groups in total. The molecule has 0 fully saturated rings. The van der Waals surface area contributed by atoms with Crippen LogP contribution in [0.2, 0.25) is 0 Å². The molecule has 0 aliphatic heterocycles. The molecule has 2 aromatic rings. The maximum absolute atomic E-state index is 6.17. The van der Waals surface area contributed by atoms with Crippen LogP contribution in [-0.2, 0) is 0 Å². The Hall–Kier alpha value is -1.22. The maximum Gasteiger partial charge on any atom is 0.127 e. The third-order valence-electron chi connectivity index (χ3n) is 3.63. The molecular weight excluding hydrogens is 340 g/mol. The Morgan fingerprint density at radius 3 is 2.59 bits per heavy atom. The molecule has 0 aromatic heterocycles. The Kier molecular flexibility index (Phi) is 6.56. The monoisotopic (exact) mass is 364 g/mol. The highest BCUT2D eigenvalue weighted by molar-refractivity contribution is 9.09. The van der Waals surface area contributed by atoms with E-state index in [9.17, 15) is 0 Å². The van der Waals surface area contributed by atoms with Gasteiger partial charge in [-0.1, -0.05) is 40.5 Å². The van der Waals surface area contributed by atoms with Crippen molar-refractivity contribution >= 4 is 26.7 Å². The van der Waals surface area contributed by atoms with E-state index < -0.39 is 0 Å². The van der Waals surface area contributed by atoms with Crippen LogP contribution in [0.25, 0.3) is 10.8 Å². The van der Waals surface area contributed by atoms with Crippen molar-refractivity contribution < 1.29 is 9.47 Å². The van der Waals surface area contributed by atoms with Crippen LogP contribution in [-0.4, -0.2) is 18.0 Å². The van der Waals surface area contributed by atoms with E-state index in [4.69, 9.17) is 9.47 Å². The van der Waals surface area contributed by atoms with Crippen molar-refractivity contribution in [2.24, 2.45) is 0 Å². The van der Waals surface area contributed by atoms with Crippen LogP contribution in [0.5, 0.6) is 11.5 Å². The number of alkyl halides is 1. The number of ether oxygens (including phenoxy) is 2. The van der Waals surface area contributed by atoms with Gasteiger partial charge in [-0.05, 0) is 51.3 Å². The minimum Gasteiger partial charge on any atom is -0.493 e. The normalized spacial score (nSPS) is 12.4. The number of hydrogen-bond acceptors (Lipinski definition) is 2. The van der Waals surface area contributed by atoms with Crippen molar-refractivity contribution in [3.63, 3.8) is 0 Å². The summed E-state index contributed by atoms with van der Waals surface area (Å²) in [5.74, 6) is 1.89. The van der Waals surface area contributed by atoms with Gasteiger partial charge in [0.25, 0.3) is 0 Å². The van der Waals surface area contributed by atoms with Crippen LogP contribution in [0.3, 0.4) is 0 Å². The second kappa shape index (κ2) is 8.42. The first-order valence-electron chi connectivity index (χ1n) is 8.04. The summed E-state index contributed by atoms with van der Waals surface area (Å²) in [6.07, 6.45) is 3.39. The van der Waals surface area contributed by atoms with Gasteiger partial charge >= 0.3 is 0 Å². The molecule has 2 aromatic carbocycles. The molecule has 120 valence electrons. The van der Waals surface area contributed by atoms with Crippen molar-refractivity contribution in [2.45, 2.75) is 46.1 Å². The highest BCUT2D eigenvalue weighted by atomic mass is 79.9. The lowest BCUT2D eigenvalue weighted by Gasteiger charge is -2.18. The summed E-state index contributed by atoms with van der Waals surface area (Å²) in [4.78, 5) is 0. The summed E-state index contributed by atoms with van der Waals surface area (Å²) < 4.78 is 12.0. The summed E-state index contributed by atoms with van der Waals surface area (Å²) in [5, 5.41) is 3.29. The number of halogens is 1. The molecular formula is C19H25BrO2. The standard InChI is InChI=1S/C19H25BrO2/c1-4-12-21-18-9-10-19(22-15(3)6-5-11-20)17-13-14(2)7-8-16(17)18/h7-10,13,15H,4-6,11-12H2,1-3H3. The average molecular weight is 365 g/mol. The van der Waals surface area contributed by atoms with Crippen molar-refractivity contribution in [3.8, 4) is 11.5 Å². The summed E-state index contributed by atoms with van der Waals surface area (Å²) in [5.41, 5.74) is 1.23. The molecule has 0 spiro atoms. The van der Waals surface area contributed by atoms with Gasteiger partial charge in [0, 0.05) is 16.1 Å². The van der Waals surface area contributed by atoms with Crippen LogP contribution < -0.4 is 9.47 Å². The van der Waals surface area contributed by atoms with Gasteiger partial charge in [0.15, 0.2) is 0 Å². The fourth-order valence-corrected chi connectivity index (χ4v) is 2.81. The molecule has 1 atom stereocenters. The number of aryl methyl sites for hydroxylation is 1. The fraction of sp³-hybridized carbons (Fsp3) is 0.474. The van der Waals surface area contributed by atoms with Gasteiger partial charge in [-0.2, -0.15) is 0 Å². The van der Waals surface area contributed by atoms with Gasteiger partial charge in [-0.3, -0.25) is 0 Å². The summed E-state index contributed by atoms with van der Waals surface area (Å²) in [6.45, 7) is 7.10. The van der Waals surface area contributed by atoms with E-state index in [0.717, 1.165) is 53.5 Å². The van der Waals surface area contributed by atoms with Gasteiger partial charge in [-0.15, -0.1) is 0 Å². The molecule has 22 heavy (non-hydrogen) atoms. The highest BCUT2D eigenvalue weighted by Gasteiger charge is 2.11. The predicted molar refractivity (Wildman–Crippen MR) is 97.6 cm³/mol. The molecule has 1 unspecified atom stereocenters. The Labute approximate surface area is 141 Å². The number of fused-ring (bicyclic) bond motifs is 1. The van der Waals surface area contributed by atoms with Crippen LogP contribution >= 0.6 is 15.9 Å². The Bertz CT molecular complexity index is 610. The van der Waals surface area contributed by atoms with E-state index in [0.29, 0.717) is 0 Å². The molecule has 0 heterocycles. The first-order valence-corrected chi connectivity index (χ1v) is 9.16. The Morgan fingerprint density at radius 2 is 1.86 bits per heavy atom. The zero-order chi connectivity index (χ0) is 15.9. The molecule has 0 bridgehead atoms. The first kappa shape index (κ1) is 17.1. The third kappa shape index (κ3) is 4.39. The summed E-state index contributed by atoms with van der Waals surface area (Å²) >= 11 is 3.47. The zero-order valence-electron chi connectivity index (χ0n) is 13.7. The average Bonchev–Trinajstić information content (AvgIpc) is 2.52. The molecule has 0 saturated carbocycles. The zero-order valence-corrected chi connectivity index (χ0v) is 15.3. The number of hydrogen-bond donors (Lipinski definition) is 0. The first-order chi connectivity index (χ1) is 10.7. The molecule has 3 heteroatoms. The topological polar surface area (TPSA) is 18.5 Å². The second-order valence-electron chi connectivity index (χ2n) is 5.72. The summed E-state index contributed by atoms with van der Waals surface area (Å²) in [7, 11) is 0. The van der Waals surface area contributed by atoms with Gasteiger partial charge in [0.1, 0.15) is 11.5 Å². The van der Waals surface area contributed by atoms with E-state index in [1.165, 1.54) is 5.56 Å². The minimum atomic E-state index is 0.212. The van der Waals surface area contributed by atoms with Crippen LogP contribution in [0.4, 0.5) is 0 Å². The molecule has 0 aliphatic carbocycles. The van der Waals surface area contributed by atoms with E-state index in [-0.39, 0.29) is 6.10 Å². The largest absolute Gasteiger partial charge is 0.493 e. The Morgan fingerprint density at radius 1 is 1.09 bits per heavy atom. The van der Waals surface area contributed by atoms with E-state index >= 15 is 0 Å². The van der Waals surface area contributed by atoms with E-state index in [2.05, 4.69) is 54.9 Å². The van der Waals surface area contributed by atoms with E-state index in [1.807, 2.05) is 12.1 Å². The molecule has 0 amide bonds. The van der Waals surface area contributed by atoms with Gasteiger partial charge < -0.3 is 9.47 Å². The van der Waals surface area contributed by atoms with Crippen molar-refractivity contribution in [1.29, 1.82) is 0 Å². The van der Waals surface area contributed by atoms with E-state index in [1.54, 1.807) is 0 Å². The molecule has 2 nitrogen and oxygen atoms in total. The second-order valence-corrected chi connectivity index (χ2v) is 6.51. The lowest BCUT2D eigenvalue weighted by molar-refractivity contribution is 0.213. The highest BCUT2D eigenvalue weighted by Crippen LogP contribution is 2.34. The van der Waals surface area contributed by atoms with Crippen molar-refractivity contribution in [2.75, 3.05) is 11.9 Å². The fourth-order valence-electron chi connectivity index (χ4n) is 2.49. The lowest BCUT2D eigenvalue weighted by Crippen LogP contribution is -2.12. The Balaban J connectivity index is 2.32. The molecule has 0 saturated heterocycles. The molecule has 2 rings (SSSR count).